The number of nitrogens with one attached hydrogen (secondary N) is 1. The fraction of sp³-hybridized carbons (Fsp3) is 0.583. The van der Waals surface area contributed by atoms with Crippen LogP contribution in [0.15, 0.2) is 23.9 Å². The Morgan fingerprint density at radius 3 is 2.81 bits per heavy atom. The Morgan fingerprint density at radius 1 is 1.56 bits per heavy atom. The van der Waals surface area contributed by atoms with E-state index in [1.54, 1.807) is 0 Å². The van der Waals surface area contributed by atoms with Crippen LogP contribution in [0.1, 0.15) is 38.4 Å². The summed E-state index contributed by atoms with van der Waals surface area (Å²) in [6, 6.07) is 2.55. The fourth-order valence-electron chi connectivity index (χ4n) is 1.66. The molecule has 1 aromatic rings. The first-order chi connectivity index (χ1) is 7.67. The smallest absolute Gasteiger partial charge is 0.0762 e. The van der Waals surface area contributed by atoms with E-state index in [1.807, 2.05) is 16.9 Å². The molecule has 0 amide bonds. The van der Waals surface area contributed by atoms with E-state index in [-0.39, 0.29) is 0 Å². The third-order valence-corrected chi connectivity index (χ3v) is 2.74. The highest BCUT2D eigenvalue weighted by Crippen LogP contribution is 2.14. The molecular weight excluding hydrogens is 222 g/mol. The van der Waals surface area contributed by atoms with Crippen LogP contribution in [0, 0.1) is 0 Å². The first-order valence-corrected chi connectivity index (χ1v) is 6.13. The largest absolute Gasteiger partial charge is 0.306 e. The van der Waals surface area contributed by atoms with Gasteiger partial charge in [0.15, 0.2) is 0 Å². The minimum atomic E-state index is 0.511. The first kappa shape index (κ1) is 13.3. The van der Waals surface area contributed by atoms with Gasteiger partial charge < -0.3 is 5.32 Å². The molecule has 0 radical (unpaired) electrons. The molecule has 0 fully saturated rings. The van der Waals surface area contributed by atoms with Crippen molar-refractivity contribution in [2.75, 3.05) is 6.54 Å². The Kier molecular flexibility index (Phi) is 5.56. The van der Waals surface area contributed by atoms with Gasteiger partial charge in [-0.2, -0.15) is 5.10 Å². The van der Waals surface area contributed by atoms with Crippen LogP contribution in [0.2, 0.25) is 0 Å². The van der Waals surface area contributed by atoms with Crippen molar-refractivity contribution < 1.29 is 0 Å². The van der Waals surface area contributed by atoms with Gasteiger partial charge in [0.05, 0.1) is 11.7 Å². The second kappa shape index (κ2) is 6.71. The predicted octanol–water partition coefficient (Wildman–Crippen LogP) is 3.09. The molecule has 90 valence electrons. The van der Waals surface area contributed by atoms with E-state index in [0.29, 0.717) is 17.6 Å². The fourth-order valence-corrected chi connectivity index (χ4v) is 1.76. The van der Waals surface area contributed by atoms with Crippen LogP contribution in [0.4, 0.5) is 0 Å². The van der Waals surface area contributed by atoms with Crippen LogP contribution < -0.4 is 5.32 Å². The average Bonchev–Trinajstić information content (AvgIpc) is 2.68. The van der Waals surface area contributed by atoms with Crippen molar-refractivity contribution in [2.45, 2.75) is 39.3 Å². The molecule has 0 aliphatic carbocycles. The minimum Gasteiger partial charge on any atom is -0.306 e. The highest BCUT2D eigenvalue weighted by Gasteiger charge is 2.07. The van der Waals surface area contributed by atoms with Crippen molar-refractivity contribution in [3.05, 3.63) is 29.6 Å². The van der Waals surface area contributed by atoms with Gasteiger partial charge in [-0.25, -0.2) is 0 Å². The van der Waals surface area contributed by atoms with Gasteiger partial charge in [-0.05, 0) is 18.9 Å². The molecular formula is C12H20ClN3. The number of hydrogen-bond acceptors (Lipinski definition) is 2. The predicted molar refractivity (Wildman–Crippen MR) is 68.5 cm³/mol. The molecule has 1 rings (SSSR count). The molecule has 0 aliphatic heterocycles. The van der Waals surface area contributed by atoms with E-state index in [4.69, 9.17) is 11.6 Å². The van der Waals surface area contributed by atoms with Gasteiger partial charge in [0.2, 0.25) is 0 Å². The molecule has 1 aromatic heterocycles. The van der Waals surface area contributed by atoms with E-state index >= 15 is 0 Å². The highest BCUT2D eigenvalue weighted by molar-refractivity contribution is 6.29. The second-order valence-corrected chi connectivity index (χ2v) is 4.41. The molecule has 0 unspecified atom stereocenters. The van der Waals surface area contributed by atoms with Crippen molar-refractivity contribution in [1.82, 2.24) is 15.1 Å². The lowest BCUT2D eigenvalue weighted by atomic mass is 10.2. The topological polar surface area (TPSA) is 29.9 Å². The summed E-state index contributed by atoms with van der Waals surface area (Å²) in [7, 11) is 0. The van der Waals surface area contributed by atoms with Crippen LogP contribution in [-0.2, 0) is 6.54 Å². The summed E-state index contributed by atoms with van der Waals surface area (Å²) >= 11 is 5.66. The standard InChI is InChI=1S/C12H20ClN3/c1-4-12(5-2)16-7-6-11(15-16)9-14-8-10(3)13/h6-7,12,14H,3-5,8-9H2,1-2H3. The summed E-state index contributed by atoms with van der Waals surface area (Å²) in [6.45, 7) is 9.35. The number of rotatable bonds is 7. The van der Waals surface area contributed by atoms with E-state index < -0.39 is 0 Å². The van der Waals surface area contributed by atoms with Crippen LogP contribution in [0.25, 0.3) is 0 Å². The normalized spacial score (nSPS) is 11.0. The number of aromatic nitrogens is 2. The maximum atomic E-state index is 5.66. The summed E-state index contributed by atoms with van der Waals surface area (Å²) in [5.74, 6) is 0. The maximum Gasteiger partial charge on any atom is 0.0762 e. The third-order valence-electron chi connectivity index (χ3n) is 2.60. The zero-order valence-electron chi connectivity index (χ0n) is 10.0. The van der Waals surface area contributed by atoms with E-state index in [1.165, 1.54) is 0 Å². The Bertz CT molecular complexity index is 329. The van der Waals surface area contributed by atoms with Crippen LogP contribution >= 0.6 is 11.6 Å². The van der Waals surface area contributed by atoms with Gasteiger partial charge >= 0.3 is 0 Å². The SMILES string of the molecule is C=C(Cl)CNCc1ccn(C(CC)CC)n1. The molecule has 0 saturated heterocycles. The molecule has 1 heterocycles. The molecule has 0 spiro atoms. The average molecular weight is 242 g/mol. The Morgan fingerprint density at radius 2 is 2.25 bits per heavy atom. The number of hydrogen-bond donors (Lipinski definition) is 1. The van der Waals surface area contributed by atoms with Crippen LogP contribution in [0.3, 0.4) is 0 Å². The van der Waals surface area contributed by atoms with Crippen molar-refractivity contribution in [2.24, 2.45) is 0 Å². The molecule has 1 N–H and O–H groups in total. The summed E-state index contributed by atoms with van der Waals surface area (Å²) in [6.07, 6.45) is 4.28. The molecule has 0 aliphatic rings. The van der Waals surface area contributed by atoms with Gasteiger partial charge in [-0.15, -0.1) is 0 Å². The van der Waals surface area contributed by atoms with Gasteiger partial charge in [-0.3, -0.25) is 4.68 Å². The molecule has 0 aromatic carbocycles. The first-order valence-electron chi connectivity index (χ1n) is 5.75. The minimum absolute atomic E-state index is 0.511. The van der Waals surface area contributed by atoms with Crippen molar-refractivity contribution in [1.29, 1.82) is 0 Å². The molecule has 0 atom stereocenters. The van der Waals surface area contributed by atoms with Crippen LogP contribution in [-0.4, -0.2) is 16.3 Å². The summed E-state index contributed by atoms with van der Waals surface area (Å²) in [5.41, 5.74) is 1.05. The Balaban J connectivity index is 2.47. The quantitative estimate of drug-likeness (QED) is 0.795. The lowest BCUT2D eigenvalue weighted by Gasteiger charge is -2.12. The highest BCUT2D eigenvalue weighted by atomic mass is 35.5. The lowest BCUT2D eigenvalue weighted by Crippen LogP contribution is -2.15. The van der Waals surface area contributed by atoms with Gasteiger partial charge in [0.25, 0.3) is 0 Å². The van der Waals surface area contributed by atoms with Crippen molar-refractivity contribution in [3.63, 3.8) is 0 Å². The summed E-state index contributed by atoms with van der Waals surface area (Å²) in [4.78, 5) is 0. The van der Waals surface area contributed by atoms with Crippen molar-refractivity contribution >= 4 is 11.6 Å². The zero-order valence-corrected chi connectivity index (χ0v) is 10.8. The third kappa shape index (κ3) is 3.99. The molecule has 4 heteroatoms. The Labute approximate surface area is 102 Å². The molecule has 16 heavy (non-hydrogen) atoms. The maximum absolute atomic E-state index is 5.66. The Hall–Kier alpha value is -0.800. The molecule has 0 saturated carbocycles. The van der Waals surface area contributed by atoms with Gasteiger partial charge in [0, 0.05) is 24.3 Å². The molecule has 0 bridgehead atoms. The van der Waals surface area contributed by atoms with E-state index in [0.717, 1.165) is 25.1 Å². The number of nitrogens with zero attached hydrogens (tertiary/aromatic N) is 2. The van der Waals surface area contributed by atoms with E-state index in [9.17, 15) is 0 Å². The van der Waals surface area contributed by atoms with Crippen molar-refractivity contribution in [3.8, 4) is 0 Å². The molecule has 3 nitrogen and oxygen atoms in total. The van der Waals surface area contributed by atoms with Crippen LogP contribution in [0.5, 0.6) is 0 Å². The number of halogens is 1. The van der Waals surface area contributed by atoms with Gasteiger partial charge in [0.1, 0.15) is 0 Å². The monoisotopic (exact) mass is 241 g/mol. The summed E-state index contributed by atoms with van der Waals surface area (Å²) in [5, 5.41) is 8.34. The zero-order chi connectivity index (χ0) is 12.0. The lowest BCUT2D eigenvalue weighted by molar-refractivity contribution is 0.424. The second-order valence-electron chi connectivity index (χ2n) is 3.88. The van der Waals surface area contributed by atoms with E-state index in [2.05, 4.69) is 30.8 Å². The van der Waals surface area contributed by atoms with Gasteiger partial charge in [-0.1, -0.05) is 32.0 Å². The summed E-state index contributed by atoms with van der Waals surface area (Å²) < 4.78 is 2.05.